The molecule has 0 radical (unpaired) electrons. The predicted molar refractivity (Wildman–Crippen MR) is 60.1 cm³/mol. The number of amides is 1. The number of carbonyl (C=O) groups excluding carboxylic acids is 1. The quantitative estimate of drug-likeness (QED) is 0.778. The Kier molecular flexibility index (Phi) is 3.82. The number of carbonyl (C=O) groups is 1. The molecule has 0 aliphatic rings. The maximum Gasteiger partial charge on any atom is 0.276 e. The van der Waals surface area contributed by atoms with E-state index in [2.05, 4.69) is 5.32 Å². The first-order valence-corrected chi connectivity index (χ1v) is 5.08. The van der Waals surface area contributed by atoms with E-state index in [1.807, 2.05) is 0 Å². The normalized spacial score (nSPS) is 11.3. The summed E-state index contributed by atoms with van der Waals surface area (Å²) in [5.74, 6) is -1.17. The number of halogens is 4. The first kappa shape index (κ1) is 12.6. The highest BCUT2D eigenvalue weighted by Crippen LogP contribution is 2.28. The fourth-order valence-corrected chi connectivity index (χ4v) is 1.10. The van der Waals surface area contributed by atoms with Gasteiger partial charge in [-0.15, -0.1) is 0 Å². The summed E-state index contributed by atoms with van der Waals surface area (Å²) < 4.78 is 10.7. The second-order valence-corrected chi connectivity index (χ2v) is 5.19. The smallest absolute Gasteiger partial charge is 0.276 e. The Morgan fingerprint density at radius 2 is 2.00 bits per heavy atom. The number of alkyl halides is 3. The molecular formula is C9H7Cl3FNO. The predicted octanol–water partition coefficient (Wildman–Crippen LogP) is 3.44. The Bertz CT molecular complexity index is 389. The average Bonchev–Trinajstić information content (AvgIpc) is 2.08. The van der Waals surface area contributed by atoms with E-state index in [-0.39, 0.29) is 5.82 Å². The number of benzene rings is 1. The number of rotatable bonds is 1. The van der Waals surface area contributed by atoms with Gasteiger partial charge in [0.05, 0.1) is 0 Å². The van der Waals surface area contributed by atoms with Gasteiger partial charge in [-0.05, 0) is 30.7 Å². The van der Waals surface area contributed by atoms with Crippen molar-refractivity contribution >= 4 is 46.4 Å². The molecular weight excluding hydrogens is 263 g/mol. The van der Waals surface area contributed by atoms with Gasteiger partial charge in [0.2, 0.25) is 0 Å². The zero-order chi connectivity index (χ0) is 11.6. The maximum absolute atomic E-state index is 12.7. The molecule has 0 saturated carbocycles. The first-order chi connectivity index (χ1) is 6.80. The fraction of sp³-hybridized carbons (Fsp3) is 0.222. The van der Waals surface area contributed by atoms with E-state index in [0.29, 0.717) is 11.3 Å². The second-order valence-electron chi connectivity index (χ2n) is 2.91. The number of hydrogen-bond donors (Lipinski definition) is 1. The van der Waals surface area contributed by atoms with Gasteiger partial charge in [-0.2, -0.15) is 0 Å². The van der Waals surface area contributed by atoms with Crippen LogP contribution in [-0.2, 0) is 4.79 Å². The van der Waals surface area contributed by atoms with Gasteiger partial charge in [-0.1, -0.05) is 34.8 Å². The van der Waals surface area contributed by atoms with Crippen molar-refractivity contribution in [3.05, 3.63) is 29.6 Å². The molecule has 6 heteroatoms. The topological polar surface area (TPSA) is 29.1 Å². The number of hydrogen-bond acceptors (Lipinski definition) is 1. The molecule has 2 nitrogen and oxygen atoms in total. The standard InChI is InChI=1S/C9H7Cl3FNO/c1-5-4-6(13)2-3-7(5)14-8(15)9(10,11)12/h2-4H,1H3,(H,14,15). The van der Waals surface area contributed by atoms with Gasteiger partial charge < -0.3 is 5.32 Å². The molecule has 0 atom stereocenters. The third kappa shape index (κ3) is 3.52. The molecule has 1 N–H and O–H groups in total. The monoisotopic (exact) mass is 269 g/mol. The lowest BCUT2D eigenvalue weighted by molar-refractivity contribution is -0.115. The maximum atomic E-state index is 12.7. The van der Waals surface area contributed by atoms with E-state index in [1.54, 1.807) is 6.92 Å². The fourth-order valence-electron chi connectivity index (χ4n) is 0.961. The number of aryl methyl sites for hydroxylation is 1. The van der Waals surface area contributed by atoms with E-state index < -0.39 is 9.70 Å². The molecule has 0 spiro atoms. The van der Waals surface area contributed by atoms with Gasteiger partial charge in [-0.3, -0.25) is 4.79 Å². The van der Waals surface area contributed by atoms with Crippen LogP contribution >= 0.6 is 34.8 Å². The molecule has 1 aromatic carbocycles. The van der Waals surface area contributed by atoms with Crippen LogP contribution in [0.15, 0.2) is 18.2 Å². The van der Waals surface area contributed by atoms with E-state index >= 15 is 0 Å². The Labute approximate surface area is 101 Å². The molecule has 0 aromatic heterocycles. The highest BCUT2D eigenvalue weighted by molar-refractivity contribution is 6.76. The van der Waals surface area contributed by atoms with Gasteiger partial charge in [0.25, 0.3) is 9.70 Å². The molecule has 0 bridgehead atoms. The molecule has 0 aliphatic carbocycles. The van der Waals surface area contributed by atoms with Crippen molar-refractivity contribution in [2.45, 2.75) is 10.7 Å². The molecule has 0 heterocycles. The SMILES string of the molecule is Cc1cc(F)ccc1NC(=O)C(Cl)(Cl)Cl. The van der Waals surface area contributed by atoms with Gasteiger partial charge in [0.1, 0.15) is 5.82 Å². The molecule has 1 aromatic rings. The summed E-state index contributed by atoms with van der Waals surface area (Å²) in [5, 5.41) is 2.38. The molecule has 0 aliphatic heterocycles. The van der Waals surface area contributed by atoms with Gasteiger partial charge in [0.15, 0.2) is 0 Å². The third-order valence-electron chi connectivity index (χ3n) is 1.69. The van der Waals surface area contributed by atoms with Crippen molar-refractivity contribution in [3.63, 3.8) is 0 Å². The van der Waals surface area contributed by atoms with Crippen LogP contribution in [0.5, 0.6) is 0 Å². The Balaban J connectivity index is 2.87. The van der Waals surface area contributed by atoms with Crippen molar-refractivity contribution in [1.29, 1.82) is 0 Å². The van der Waals surface area contributed by atoms with E-state index in [9.17, 15) is 9.18 Å². The lowest BCUT2D eigenvalue weighted by atomic mass is 10.2. The van der Waals surface area contributed by atoms with Crippen LogP contribution in [0.25, 0.3) is 0 Å². The summed E-state index contributed by atoms with van der Waals surface area (Å²) in [6.07, 6.45) is 0. The van der Waals surface area contributed by atoms with Crippen LogP contribution < -0.4 is 5.32 Å². The Morgan fingerprint density at radius 3 is 2.47 bits per heavy atom. The van der Waals surface area contributed by atoms with Crippen LogP contribution in [0.1, 0.15) is 5.56 Å². The van der Waals surface area contributed by atoms with Gasteiger partial charge in [0, 0.05) is 5.69 Å². The number of nitrogens with one attached hydrogen (secondary N) is 1. The molecule has 82 valence electrons. The minimum atomic E-state index is -2.03. The number of anilines is 1. The average molecular weight is 271 g/mol. The van der Waals surface area contributed by atoms with Crippen LogP contribution in [0.4, 0.5) is 10.1 Å². The van der Waals surface area contributed by atoms with Gasteiger partial charge in [-0.25, -0.2) is 4.39 Å². The highest BCUT2D eigenvalue weighted by atomic mass is 35.6. The Hall–Kier alpha value is -0.510. The summed E-state index contributed by atoms with van der Waals surface area (Å²) in [6.45, 7) is 1.64. The van der Waals surface area contributed by atoms with Crippen molar-refractivity contribution in [1.82, 2.24) is 0 Å². The van der Waals surface area contributed by atoms with Crippen LogP contribution in [0.2, 0.25) is 0 Å². The lowest BCUT2D eigenvalue weighted by Crippen LogP contribution is -2.27. The van der Waals surface area contributed by atoms with Crippen molar-refractivity contribution in [2.24, 2.45) is 0 Å². The van der Waals surface area contributed by atoms with E-state index in [1.165, 1.54) is 18.2 Å². The molecule has 1 rings (SSSR count). The minimum absolute atomic E-state index is 0.389. The Morgan fingerprint density at radius 1 is 1.40 bits per heavy atom. The zero-order valence-corrected chi connectivity index (χ0v) is 9.92. The zero-order valence-electron chi connectivity index (χ0n) is 7.65. The van der Waals surface area contributed by atoms with E-state index in [0.717, 1.165) is 0 Å². The van der Waals surface area contributed by atoms with Crippen LogP contribution in [0.3, 0.4) is 0 Å². The van der Waals surface area contributed by atoms with Crippen LogP contribution in [-0.4, -0.2) is 9.70 Å². The summed E-state index contributed by atoms with van der Waals surface area (Å²) in [6, 6.07) is 3.88. The van der Waals surface area contributed by atoms with E-state index in [4.69, 9.17) is 34.8 Å². The van der Waals surface area contributed by atoms with Crippen molar-refractivity contribution in [2.75, 3.05) is 5.32 Å². The molecule has 0 fully saturated rings. The summed E-state index contributed by atoms with van der Waals surface area (Å²) in [4.78, 5) is 11.3. The van der Waals surface area contributed by atoms with Crippen LogP contribution in [0, 0.1) is 12.7 Å². The molecule has 0 saturated heterocycles. The first-order valence-electron chi connectivity index (χ1n) is 3.95. The minimum Gasteiger partial charge on any atom is -0.322 e. The highest BCUT2D eigenvalue weighted by Gasteiger charge is 2.30. The molecule has 15 heavy (non-hydrogen) atoms. The van der Waals surface area contributed by atoms with Crippen molar-refractivity contribution in [3.8, 4) is 0 Å². The molecule has 0 unspecified atom stereocenters. The van der Waals surface area contributed by atoms with Crippen molar-refractivity contribution < 1.29 is 9.18 Å². The lowest BCUT2D eigenvalue weighted by Gasteiger charge is -2.12. The summed E-state index contributed by atoms with van der Waals surface area (Å²) in [5.41, 5.74) is 0.963. The largest absolute Gasteiger partial charge is 0.322 e. The molecule has 1 amide bonds. The summed E-state index contributed by atoms with van der Waals surface area (Å²) in [7, 11) is 0. The summed E-state index contributed by atoms with van der Waals surface area (Å²) >= 11 is 16.1. The third-order valence-corrected chi connectivity index (χ3v) is 2.21. The van der Waals surface area contributed by atoms with Gasteiger partial charge >= 0.3 is 0 Å². The second kappa shape index (κ2) is 4.56.